The molecule has 0 amide bonds. The molecule has 0 radical (unpaired) electrons. The van der Waals surface area contributed by atoms with Gasteiger partial charge in [-0.25, -0.2) is 18.7 Å². The molecule has 0 aliphatic rings. The molecule has 0 aliphatic heterocycles. The fraction of sp³-hybridized carbons (Fsp3) is 0.300. The van der Waals surface area contributed by atoms with E-state index >= 15 is 0 Å². The number of carboxylic acids is 1. The molecule has 3 N–H and O–H groups in total. The van der Waals surface area contributed by atoms with Gasteiger partial charge in [0, 0.05) is 23.2 Å². The van der Waals surface area contributed by atoms with Crippen LogP contribution in [0.4, 0.5) is 14.6 Å². The molecule has 29 heavy (non-hydrogen) atoms. The zero-order chi connectivity index (χ0) is 21.3. The van der Waals surface area contributed by atoms with Gasteiger partial charge in [0.05, 0.1) is 23.9 Å². The van der Waals surface area contributed by atoms with E-state index < -0.39 is 29.1 Å². The monoisotopic (exact) mass is 399 g/mol. The van der Waals surface area contributed by atoms with Crippen LogP contribution in [-0.4, -0.2) is 32.1 Å². The zero-order valence-electron chi connectivity index (χ0n) is 16.0. The SMILES string of the molecule is CC(C)(C)C(CC(=O)O)Nc1nc(-c2c[nH]c3ncc(F)cc23)c(C#N)cc1F. The summed E-state index contributed by atoms with van der Waals surface area (Å²) in [6.07, 6.45) is 2.32. The highest BCUT2D eigenvalue weighted by Crippen LogP contribution is 2.33. The second-order valence-corrected chi connectivity index (χ2v) is 7.74. The summed E-state index contributed by atoms with van der Waals surface area (Å²) in [7, 11) is 0. The lowest BCUT2D eigenvalue weighted by Crippen LogP contribution is -2.36. The number of carbonyl (C=O) groups is 1. The summed E-state index contributed by atoms with van der Waals surface area (Å²) in [6.45, 7) is 5.47. The summed E-state index contributed by atoms with van der Waals surface area (Å²) in [4.78, 5) is 22.3. The van der Waals surface area contributed by atoms with E-state index in [-0.39, 0.29) is 23.5 Å². The maximum atomic E-state index is 14.6. The van der Waals surface area contributed by atoms with Crippen molar-refractivity contribution >= 4 is 22.8 Å². The van der Waals surface area contributed by atoms with Gasteiger partial charge in [0.25, 0.3) is 0 Å². The maximum Gasteiger partial charge on any atom is 0.305 e. The quantitative estimate of drug-likeness (QED) is 0.596. The Morgan fingerprint density at radius 2 is 2.10 bits per heavy atom. The number of pyridine rings is 2. The second-order valence-electron chi connectivity index (χ2n) is 7.74. The number of halogens is 2. The third kappa shape index (κ3) is 4.16. The molecule has 0 fully saturated rings. The Hall–Kier alpha value is -3.54. The van der Waals surface area contributed by atoms with Gasteiger partial charge in [0.15, 0.2) is 11.6 Å². The van der Waals surface area contributed by atoms with Crippen molar-refractivity contribution in [2.75, 3.05) is 5.32 Å². The molecule has 0 bridgehead atoms. The van der Waals surface area contributed by atoms with Crippen molar-refractivity contribution in [2.45, 2.75) is 33.2 Å². The first-order valence-electron chi connectivity index (χ1n) is 8.82. The first-order chi connectivity index (χ1) is 13.6. The minimum Gasteiger partial charge on any atom is -0.481 e. The molecule has 3 rings (SSSR count). The van der Waals surface area contributed by atoms with Crippen molar-refractivity contribution in [2.24, 2.45) is 5.41 Å². The van der Waals surface area contributed by atoms with Crippen LogP contribution in [0.5, 0.6) is 0 Å². The molecule has 0 aromatic carbocycles. The molecule has 150 valence electrons. The van der Waals surface area contributed by atoms with Crippen LogP contribution >= 0.6 is 0 Å². The maximum absolute atomic E-state index is 14.6. The predicted octanol–water partition coefficient (Wildman–Crippen LogP) is 4.08. The Balaban J connectivity index is 2.13. The van der Waals surface area contributed by atoms with E-state index in [1.54, 1.807) is 0 Å². The van der Waals surface area contributed by atoms with Crippen LogP contribution in [0, 0.1) is 28.4 Å². The minimum atomic E-state index is -1.04. The molecular weight excluding hydrogens is 380 g/mol. The van der Waals surface area contributed by atoms with Crippen LogP contribution in [0.25, 0.3) is 22.3 Å². The van der Waals surface area contributed by atoms with Crippen molar-refractivity contribution in [3.63, 3.8) is 0 Å². The number of anilines is 1. The summed E-state index contributed by atoms with van der Waals surface area (Å²) in [5, 5.41) is 21.9. The number of aliphatic carboxylic acids is 1. The van der Waals surface area contributed by atoms with Crippen LogP contribution in [0.1, 0.15) is 32.8 Å². The molecule has 9 heteroatoms. The van der Waals surface area contributed by atoms with E-state index in [4.69, 9.17) is 0 Å². The number of H-pyrrole nitrogens is 1. The number of nitrogens with one attached hydrogen (secondary N) is 2. The number of aromatic nitrogens is 3. The topological polar surface area (TPSA) is 115 Å². The van der Waals surface area contributed by atoms with Gasteiger partial charge in [0.1, 0.15) is 17.5 Å². The number of nitrogens with zero attached hydrogens (tertiary/aromatic N) is 3. The number of hydrogen-bond acceptors (Lipinski definition) is 5. The summed E-state index contributed by atoms with van der Waals surface area (Å²) in [6, 6.07) is 3.54. The number of carboxylic acid groups (broad SMARTS) is 1. The van der Waals surface area contributed by atoms with Gasteiger partial charge in [0.2, 0.25) is 0 Å². The van der Waals surface area contributed by atoms with Crippen LogP contribution in [-0.2, 0) is 4.79 Å². The fourth-order valence-corrected chi connectivity index (χ4v) is 2.97. The Labute approximate surface area is 165 Å². The van der Waals surface area contributed by atoms with Crippen LogP contribution < -0.4 is 5.32 Å². The normalized spacial score (nSPS) is 12.6. The number of hydrogen-bond donors (Lipinski definition) is 3. The van der Waals surface area contributed by atoms with Crippen molar-refractivity contribution < 1.29 is 18.7 Å². The molecule has 0 aliphatic carbocycles. The van der Waals surface area contributed by atoms with Gasteiger partial charge < -0.3 is 15.4 Å². The highest BCUT2D eigenvalue weighted by molar-refractivity contribution is 5.94. The molecule has 3 heterocycles. The summed E-state index contributed by atoms with van der Waals surface area (Å²) < 4.78 is 28.3. The number of nitriles is 1. The predicted molar refractivity (Wildman–Crippen MR) is 103 cm³/mol. The third-order valence-corrected chi connectivity index (χ3v) is 4.58. The molecule has 0 saturated heterocycles. The fourth-order valence-electron chi connectivity index (χ4n) is 2.97. The van der Waals surface area contributed by atoms with Gasteiger partial charge >= 0.3 is 5.97 Å². The lowest BCUT2D eigenvalue weighted by Gasteiger charge is -2.31. The van der Waals surface area contributed by atoms with Gasteiger partial charge in [-0.05, 0) is 17.5 Å². The largest absolute Gasteiger partial charge is 0.481 e. The van der Waals surface area contributed by atoms with E-state index in [0.717, 1.165) is 12.3 Å². The Morgan fingerprint density at radius 3 is 2.72 bits per heavy atom. The minimum absolute atomic E-state index is 0.0382. The van der Waals surface area contributed by atoms with Crippen molar-refractivity contribution in [3.05, 3.63) is 41.7 Å². The number of fused-ring (bicyclic) bond motifs is 1. The average Bonchev–Trinajstić information content (AvgIpc) is 3.04. The first-order valence-corrected chi connectivity index (χ1v) is 8.82. The second kappa shape index (κ2) is 7.47. The number of rotatable bonds is 5. The molecule has 7 nitrogen and oxygen atoms in total. The van der Waals surface area contributed by atoms with Crippen LogP contribution in [0.2, 0.25) is 0 Å². The van der Waals surface area contributed by atoms with Gasteiger partial charge in [-0.2, -0.15) is 5.26 Å². The van der Waals surface area contributed by atoms with E-state index in [2.05, 4.69) is 20.3 Å². The molecule has 0 spiro atoms. The van der Waals surface area contributed by atoms with E-state index in [1.807, 2.05) is 26.8 Å². The highest BCUT2D eigenvalue weighted by atomic mass is 19.1. The Morgan fingerprint density at radius 1 is 1.38 bits per heavy atom. The lowest BCUT2D eigenvalue weighted by molar-refractivity contribution is -0.137. The molecule has 1 unspecified atom stereocenters. The molecule has 3 aromatic heterocycles. The lowest BCUT2D eigenvalue weighted by atomic mass is 9.84. The first kappa shape index (κ1) is 20.2. The molecule has 0 saturated carbocycles. The van der Waals surface area contributed by atoms with Crippen LogP contribution in [0.15, 0.2) is 24.5 Å². The highest BCUT2D eigenvalue weighted by Gasteiger charge is 2.29. The smallest absolute Gasteiger partial charge is 0.305 e. The van der Waals surface area contributed by atoms with E-state index in [0.29, 0.717) is 16.6 Å². The van der Waals surface area contributed by atoms with Crippen molar-refractivity contribution in [3.8, 4) is 17.3 Å². The van der Waals surface area contributed by atoms with Crippen LogP contribution in [0.3, 0.4) is 0 Å². The standard InChI is InChI=1S/C20H19F2N5O2/c1-20(2,3)15(6-16(28)29)26-19-14(22)4-10(7-23)17(27-19)13-9-25-18-12(13)5-11(21)8-24-18/h4-5,8-9,15H,6H2,1-3H3,(H,24,25)(H,26,27)(H,28,29). The molecule has 3 aromatic rings. The summed E-state index contributed by atoms with van der Waals surface area (Å²) in [5.74, 6) is -2.57. The van der Waals surface area contributed by atoms with Crippen molar-refractivity contribution in [1.29, 1.82) is 5.26 Å². The van der Waals surface area contributed by atoms with Gasteiger partial charge in [-0.15, -0.1) is 0 Å². The van der Waals surface area contributed by atoms with E-state index in [1.165, 1.54) is 12.3 Å². The third-order valence-electron chi connectivity index (χ3n) is 4.58. The Bertz CT molecular complexity index is 1130. The Kier molecular flexibility index (Phi) is 5.20. The van der Waals surface area contributed by atoms with Gasteiger partial charge in [-0.3, -0.25) is 4.79 Å². The average molecular weight is 399 g/mol. The zero-order valence-corrected chi connectivity index (χ0v) is 16.0. The van der Waals surface area contributed by atoms with E-state index in [9.17, 15) is 23.9 Å². The summed E-state index contributed by atoms with van der Waals surface area (Å²) >= 11 is 0. The summed E-state index contributed by atoms with van der Waals surface area (Å²) in [5.41, 5.74) is 0.373. The van der Waals surface area contributed by atoms with Crippen molar-refractivity contribution in [1.82, 2.24) is 15.0 Å². The van der Waals surface area contributed by atoms with Gasteiger partial charge in [-0.1, -0.05) is 20.8 Å². The number of aromatic amines is 1. The molecular formula is C20H19F2N5O2. The molecule has 1 atom stereocenters.